The van der Waals surface area contributed by atoms with Crippen molar-refractivity contribution < 1.29 is 22.6 Å². The quantitative estimate of drug-likeness (QED) is 0.814. The maximum atomic E-state index is 12.9. The lowest BCUT2D eigenvalue weighted by molar-refractivity contribution is 0.0143. The van der Waals surface area contributed by atoms with Crippen LogP contribution in [0.2, 0.25) is 0 Å². The van der Waals surface area contributed by atoms with Gasteiger partial charge in [0.15, 0.2) is 0 Å². The molecular formula is C19H22N2O5S. The molecule has 0 radical (unpaired) electrons. The molecule has 1 N–H and O–H groups in total. The van der Waals surface area contributed by atoms with Crippen molar-refractivity contribution in [1.29, 1.82) is 0 Å². The number of hydrogen-bond acceptors (Lipinski definition) is 6. The Balaban J connectivity index is 1.67. The zero-order valence-electron chi connectivity index (χ0n) is 15.2. The van der Waals surface area contributed by atoms with Gasteiger partial charge in [-0.15, -0.1) is 0 Å². The summed E-state index contributed by atoms with van der Waals surface area (Å²) in [5, 5.41) is 0. The minimum atomic E-state index is -3.66. The molecule has 1 aliphatic carbocycles. The van der Waals surface area contributed by atoms with Gasteiger partial charge in [0.2, 0.25) is 15.9 Å². The van der Waals surface area contributed by atoms with E-state index in [9.17, 15) is 8.42 Å². The Morgan fingerprint density at radius 3 is 2.78 bits per heavy atom. The molecule has 1 aromatic heterocycles. The molecule has 2 aromatic rings. The van der Waals surface area contributed by atoms with Gasteiger partial charge in [-0.2, -0.15) is 0 Å². The molecular weight excluding hydrogens is 368 g/mol. The van der Waals surface area contributed by atoms with Gasteiger partial charge in [0.1, 0.15) is 5.75 Å². The van der Waals surface area contributed by atoms with Crippen LogP contribution < -0.4 is 14.2 Å². The van der Waals surface area contributed by atoms with Crippen LogP contribution in [-0.2, 0) is 14.8 Å². The Morgan fingerprint density at radius 2 is 2.04 bits per heavy atom. The maximum Gasteiger partial charge on any atom is 0.240 e. The van der Waals surface area contributed by atoms with Gasteiger partial charge in [0.25, 0.3) is 0 Å². The summed E-state index contributed by atoms with van der Waals surface area (Å²) in [6.45, 7) is 0.709. The van der Waals surface area contributed by atoms with Gasteiger partial charge in [-0.3, -0.25) is 0 Å². The Morgan fingerprint density at radius 1 is 1.19 bits per heavy atom. The minimum Gasteiger partial charge on any atom is -0.496 e. The van der Waals surface area contributed by atoms with Crippen LogP contribution in [-0.4, -0.2) is 46.4 Å². The molecule has 0 spiro atoms. The summed E-state index contributed by atoms with van der Waals surface area (Å²) in [5.74, 6) is 1.23. The van der Waals surface area contributed by atoms with Gasteiger partial charge in [0.05, 0.1) is 25.2 Å². The van der Waals surface area contributed by atoms with Crippen molar-refractivity contribution in [3.8, 4) is 22.8 Å². The molecule has 3 atom stereocenters. The number of benzene rings is 1. The van der Waals surface area contributed by atoms with Crippen molar-refractivity contribution in [1.82, 2.24) is 9.71 Å². The van der Waals surface area contributed by atoms with E-state index in [0.717, 1.165) is 12.8 Å². The van der Waals surface area contributed by atoms with E-state index >= 15 is 0 Å². The van der Waals surface area contributed by atoms with E-state index in [-0.39, 0.29) is 23.0 Å². The van der Waals surface area contributed by atoms with Gasteiger partial charge in [-0.1, -0.05) is 0 Å². The van der Waals surface area contributed by atoms with Crippen molar-refractivity contribution in [2.75, 3.05) is 20.8 Å². The highest BCUT2D eigenvalue weighted by atomic mass is 32.2. The molecule has 1 aromatic carbocycles. The van der Waals surface area contributed by atoms with E-state index < -0.39 is 10.0 Å². The number of methoxy groups -OCH3 is 2. The van der Waals surface area contributed by atoms with Crippen LogP contribution >= 0.6 is 0 Å². The molecule has 144 valence electrons. The number of nitrogens with zero attached hydrogens (tertiary/aromatic N) is 1. The SMILES string of the molecule is COc1ccc(S(=O)(=O)N[C@@H]2C[C@H]3OCC[C@@H]23)cc1-c1cccnc1OC. The summed E-state index contributed by atoms with van der Waals surface area (Å²) >= 11 is 0. The van der Waals surface area contributed by atoms with Crippen LogP contribution in [0.25, 0.3) is 11.1 Å². The summed E-state index contributed by atoms with van der Waals surface area (Å²) in [7, 11) is -0.587. The lowest BCUT2D eigenvalue weighted by Gasteiger charge is -2.39. The molecule has 7 nitrogen and oxygen atoms in total. The second-order valence-corrected chi connectivity index (χ2v) is 8.46. The summed E-state index contributed by atoms with van der Waals surface area (Å²) in [6, 6.07) is 8.32. The van der Waals surface area contributed by atoms with Crippen LogP contribution in [0.1, 0.15) is 12.8 Å². The summed E-state index contributed by atoms with van der Waals surface area (Å²) in [5.41, 5.74) is 1.28. The van der Waals surface area contributed by atoms with Crippen molar-refractivity contribution in [2.45, 2.75) is 29.9 Å². The van der Waals surface area contributed by atoms with Crippen LogP contribution in [0.15, 0.2) is 41.4 Å². The van der Waals surface area contributed by atoms with Crippen molar-refractivity contribution >= 4 is 10.0 Å². The summed E-state index contributed by atoms with van der Waals surface area (Å²) in [4.78, 5) is 4.38. The molecule has 0 amide bonds. The molecule has 2 fully saturated rings. The van der Waals surface area contributed by atoms with E-state index in [1.54, 1.807) is 37.6 Å². The maximum absolute atomic E-state index is 12.9. The number of ether oxygens (including phenoxy) is 3. The third-order valence-corrected chi connectivity index (χ3v) is 6.79. The van der Waals surface area contributed by atoms with E-state index in [1.165, 1.54) is 7.11 Å². The Bertz CT molecular complexity index is 947. The normalized spacial score (nSPS) is 24.1. The number of aromatic nitrogens is 1. The highest BCUT2D eigenvalue weighted by molar-refractivity contribution is 7.89. The van der Waals surface area contributed by atoms with E-state index in [0.29, 0.717) is 29.4 Å². The second-order valence-electron chi connectivity index (χ2n) is 6.75. The van der Waals surface area contributed by atoms with Gasteiger partial charge >= 0.3 is 0 Å². The highest BCUT2D eigenvalue weighted by Crippen LogP contribution is 2.40. The Hall–Kier alpha value is -2.16. The van der Waals surface area contributed by atoms with Crippen LogP contribution in [0.5, 0.6) is 11.6 Å². The molecule has 1 aliphatic heterocycles. The highest BCUT2D eigenvalue weighted by Gasteiger charge is 2.46. The van der Waals surface area contributed by atoms with Gasteiger partial charge in [-0.05, 0) is 43.2 Å². The van der Waals surface area contributed by atoms with Crippen LogP contribution in [0, 0.1) is 5.92 Å². The predicted molar refractivity (Wildman–Crippen MR) is 99.4 cm³/mol. The van der Waals surface area contributed by atoms with E-state index in [4.69, 9.17) is 14.2 Å². The number of rotatable bonds is 6. The lowest BCUT2D eigenvalue weighted by Crippen LogP contribution is -2.53. The van der Waals surface area contributed by atoms with E-state index in [1.807, 2.05) is 6.07 Å². The largest absolute Gasteiger partial charge is 0.496 e. The summed E-state index contributed by atoms with van der Waals surface area (Å²) < 4.78 is 45.0. The molecule has 4 rings (SSSR count). The number of hydrogen-bond donors (Lipinski definition) is 1. The third kappa shape index (κ3) is 3.28. The minimum absolute atomic E-state index is 0.0685. The number of fused-ring (bicyclic) bond motifs is 1. The average molecular weight is 390 g/mol. The van der Waals surface area contributed by atoms with Crippen molar-refractivity contribution in [3.05, 3.63) is 36.5 Å². The number of sulfonamides is 1. The number of pyridine rings is 1. The van der Waals surface area contributed by atoms with Gasteiger partial charge < -0.3 is 14.2 Å². The van der Waals surface area contributed by atoms with Crippen LogP contribution in [0.4, 0.5) is 0 Å². The fourth-order valence-corrected chi connectivity index (χ4v) is 5.15. The predicted octanol–water partition coefficient (Wildman–Crippen LogP) is 2.22. The third-order valence-electron chi connectivity index (χ3n) is 5.31. The first-order valence-corrected chi connectivity index (χ1v) is 10.3. The first-order valence-electron chi connectivity index (χ1n) is 8.85. The molecule has 1 saturated carbocycles. The van der Waals surface area contributed by atoms with Gasteiger partial charge in [0, 0.05) is 35.9 Å². The first-order chi connectivity index (χ1) is 13.0. The standard InChI is InChI=1S/C19H22N2O5S/c1-24-17-6-5-12(10-15(17)13-4-3-8-20-19(13)25-2)27(22,23)21-16-11-18-14(16)7-9-26-18/h3-6,8,10,14,16,18,21H,7,9,11H2,1-2H3/t14-,16+,18+/m0/s1. The zero-order valence-corrected chi connectivity index (χ0v) is 16.0. The lowest BCUT2D eigenvalue weighted by atomic mass is 9.77. The monoisotopic (exact) mass is 390 g/mol. The molecule has 2 aliphatic rings. The molecule has 27 heavy (non-hydrogen) atoms. The fourth-order valence-electron chi connectivity index (χ4n) is 3.82. The molecule has 1 saturated heterocycles. The van der Waals surface area contributed by atoms with Crippen molar-refractivity contribution in [3.63, 3.8) is 0 Å². The second kappa shape index (κ2) is 7.10. The summed E-state index contributed by atoms with van der Waals surface area (Å²) in [6.07, 6.45) is 3.44. The molecule has 0 unspecified atom stereocenters. The number of nitrogens with one attached hydrogen (secondary N) is 1. The first kappa shape index (κ1) is 18.2. The Kier molecular flexibility index (Phi) is 4.79. The Labute approximate surface area is 158 Å². The molecule has 2 heterocycles. The topological polar surface area (TPSA) is 86.8 Å². The molecule has 0 bridgehead atoms. The van der Waals surface area contributed by atoms with Crippen molar-refractivity contribution in [2.24, 2.45) is 5.92 Å². The average Bonchev–Trinajstić information content (AvgIpc) is 3.06. The van der Waals surface area contributed by atoms with Gasteiger partial charge in [-0.25, -0.2) is 18.1 Å². The fraction of sp³-hybridized carbons (Fsp3) is 0.421. The van der Waals surface area contributed by atoms with Crippen LogP contribution in [0.3, 0.4) is 0 Å². The molecule has 8 heteroatoms. The smallest absolute Gasteiger partial charge is 0.240 e. The van der Waals surface area contributed by atoms with E-state index in [2.05, 4.69) is 9.71 Å². The zero-order chi connectivity index (χ0) is 19.0.